The smallest absolute Gasteiger partial charge is 0.270 e. The number of hydrogen-bond acceptors (Lipinski definition) is 5. The standard InChI is InChI=1S/C23H26N6O2S/c1-3-31-18-7-5-4-6-16(18)25-23(32)27-26-22(30)15-12-17(13-8-9-13)24-21-19(15)20(14-10-11-14)28-29(21)2/h4-7,12-14H,3,8-11H2,1-2H3,(H,26,30)(H2,25,27,32). The number of aryl methyl sites for hydroxylation is 1. The zero-order valence-corrected chi connectivity index (χ0v) is 19.0. The first-order chi connectivity index (χ1) is 15.5. The predicted octanol–water partition coefficient (Wildman–Crippen LogP) is 3.75. The van der Waals surface area contributed by atoms with Gasteiger partial charge in [0.1, 0.15) is 5.75 Å². The number of pyridine rings is 1. The van der Waals surface area contributed by atoms with Gasteiger partial charge in [-0.15, -0.1) is 0 Å². The summed E-state index contributed by atoms with van der Waals surface area (Å²) in [5.74, 6) is 1.27. The van der Waals surface area contributed by atoms with Crippen LogP contribution in [0.5, 0.6) is 5.75 Å². The zero-order valence-electron chi connectivity index (χ0n) is 18.1. The molecule has 3 aromatic rings. The predicted molar refractivity (Wildman–Crippen MR) is 127 cm³/mol. The van der Waals surface area contributed by atoms with E-state index in [9.17, 15) is 4.79 Å². The number of amides is 1. The maximum absolute atomic E-state index is 13.2. The highest BCUT2D eigenvalue weighted by Gasteiger charge is 2.33. The Labute approximate surface area is 191 Å². The van der Waals surface area contributed by atoms with Gasteiger partial charge in [-0.3, -0.25) is 20.3 Å². The molecule has 2 aliphatic rings. The number of thiocarbonyl (C=S) groups is 1. The van der Waals surface area contributed by atoms with Gasteiger partial charge in [0, 0.05) is 24.6 Å². The van der Waals surface area contributed by atoms with Gasteiger partial charge in [0.2, 0.25) is 0 Å². The summed E-state index contributed by atoms with van der Waals surface area (Å²) in [6.45, 7) is 2.47. The van der Waals surface area contributed by atoms with Crippen LogP contribution in [-0.2, 0) is 7.05 Å². The van der Waals surface area contributed by atoms with Crippen LogP contribution in [0.1, 0.15) is 66.2 Å². The number of nitrogens with one attached hydrogen (secondary N) is 3. The molecule has 2 heterocycles. The molecular formula is C23H26N6O2S. The van der Waals surface area contributed by atoms with Crippen molar-refractivity contribution in [2.45, 2.75) is 44.4 Å². The minimum Gasteiger partial charge on any atom is -0.492 e. The van der Waals surface area contributed by atoms with Gasteiger partial charge < -0.3 is 10.1 Å². The molecule has 0 spiro atoms. The first-order valence-corrected chi connectivity index (χ1v) is 11.4. The number of hydrogen-bond donors (Lipinski definition) is 3. The van der Waals surface area contributed by atoms with Gasteiger partial charge in [0.05, 0.1) is 28.9 Å². The number of rotatable bonds is 6. The first-order valence-electron chi connectivity index (χ1n) is 11.0. The largest absolute Gasteiger partial charge is 0.492 e. The number of carbonyl (C=O) groups is 1. The maximum Gasteiger partial charge on any atom is 0.270 e. The van der Waals surface area contributed by atoms with E-state index in [1.165, 1.54) is 0 Å². The maximum atomic E-state index is 13.2. The molecule has 9 heteroatoms. The fraction of sp³-hybridized carbons (Fsp3) is 0.391. The third-order valence-corrected chi connectivity index (χ3v) is 5.97. The zero-order chi connectivity index (χ0) is 22.2. The fourth-order valence-electron chi connectivity index (χ4n) is 3.89. The lowest BCUT2D eigenvalue weighted by molar-refractivity contribution is 0.0945. The molecule has 0 radical (unpaired) electrons. The first kappa shape index (κ1) is 20.7. The van der Waals surface area contributed by atoms with E-state index in [-0.39, 0.29) is 11.0 Å². The monoisotopic (exact) mass is 450 g/mol. The quantitative estimate of drug-likeness (QED) is 0.389. The van der Waals surface area contributed by atoms with E-state index in [0.29, 0.717) is 29.8 Å². The van der Waals surface area contributed by atoms with Crippen LogP contribution in [0.25, 0.3) is 11.0 Å². The van der Waals surface area contributed by atoms with Gasteiger partial charge in [-0.05, 0) is 63.0 Å². The van der Waals surface area contributed by atoms with Crippen LogP contribution in [0, 0.1) is 0 Å². The number of carbonyl (C=O) groups excluding carboxylic acids is 1. The Hall–Kier alpha value is -3.20. The van der Waals surface area contributed by atoms with Crippen LogP contribution in [0.2, 0.25) is 0 Å². The molecule has 32 heavy (non-hydrogen) atoms. The third kappa shape index (κ3) is 4.12. The molecule has 2 aliphatic carbocycles. The van der Waals surface area contributed by atoms with E-state index >= 15 is 0 Å². The molecule has 3 N–H and O–H groups in total. The molecule has 2 fully saturated rings. The van der Waals surface area contributed by atoms with Crippen LogP contribution >= 0.6 is 12.2 Å². The Balaban J connectivity index is 1.36. The van der Waals surface area contributed by atoms with Crippen molar-refractivity contribution >= 4 is 40.0 Å². The SMILES string of the molecule is CCOc1ccccc1NC(=S)NNC(=O)c1cc(C2CC2)nc2c1c(C1CC1)nn2C. The molecule has 0 aliphatic heterocycles. The Bertz CT molecular complexity index is 1200. The minimum atomic E-state index is -0.253. The number of anilines is 1. The average Bonchev–Trinajstić information content (AvgIpc) is 3.71. The van der Waals surface area contributed by atoms with Crippen molar-refractivity contribution in [1.82, 2.24) is 25.6 Å². The average molecular weight is 451 g/mol. The molecule has 166 valence electrons. The minimum absolute atomic E-state index is 0.253. The number of hydrazine groups is 1. The van der Waals surface area contributed by atoms with E-state index in [4.69, 9.17) is 27.0 Å². The molecule has 1 amide bonds. The van der Waals surface area contributed by atoms with E-state index in [1.807, 2.05) is 44.3 Å². The van der Waals surface area contributed by atoms with Crippen molar-refractivity contribution in [1.29, 1.82) is 0 Å². The van der Waals surface area contributed by atoms with Crippen molar-refractivity contribution in [3.05, 3.63) is 47.3 Å². The van der Waals surface area contributed by atoms with Gasteiger partial charge in [0.25, 0.3) is 5.91 Å². The summed E-state index contributed by atoms with van der Waals surface area (Å²) >= 11 is 5.38. The third-order valence-electron chi connectivity index (χ3n) is 5.77. The van der Waals surface area contributed by atoms with Crippen molar-refractivity contribution in [3.63, 3.8) is 0 Å². The molecule has 0 saturated heterocycles. The van der Waals surface area contributed by atoms with E-state index in [2.05, 4.69) is 16.2 Å². The molecule has 1 aromatic carbocycles. The van der Waals surface area contributed by atoms with Crippen LogP contribution in [0.15, 0.2) is 30.3 Å². The van der Waals surface area contributed by atoms with Crippen LogP contribution in [0.4, 0.5) is 5.69 Å². The number of fused-ring (bicyclic) bond motifs is 1. The van der Waals surface area contributed by atoms with E-state index < -0.39 is 0 Å². The van der Waals surface area contributed by atoms with E-state index in [0.717, 1.165) is 53.8 Å². The highest BCUT2D eigenvalue weighted by atomic mass is 32.1. The molecule has 8 nitrogen and oxygen atoms in total. The molecular weight excluding hydrogens is 424 g/mol. The Morgan fingerprint density at radius 2 is 1.94 bits per heavy atom. The van der Waals surface area contributed by atoms with Crippen LogP contribution in [0.3, 0.4) is 0 Å². The lowest BCUT2D eigenvalue weighted by Gasteiger charge is -2.15. The Morgan fingerprint density at radius 1 is 1.19 bits per heavy atom. The summed E-state index contributed by atoms with van der Waals surface area (Å²) in [4.78, 5) is 18.1. The number of nitrogens with zero attached hydrogens (tertiary/aromatic N) is 3. The highest BCUT2D eigenvalue weighted by Crippen LogP contribution is 2.45. The van der Waals surface area contributed by atoms with Gasteiger partial charge in [-0.2, -0.15) is 5.10 Å². The molecule has 2 aromatic heterocycles. The second-order valence-electron chi connectivity index (χ2n) is 8.31. The second-order valence-corrected chi connectivity index (χ2v) is 8.72. The van der Waals surface area contributed by atoms with Crippen molar-refractivity contribution in [3.8, 4) is 5.75 Å². The molecule has 0 bridgehead atoms. The number of benzene rings is 1. The Morgan fingerprint density at radius 3 is 2.66 bits per heavy atom. The van der Waals surface area contributed by atoms with Crippen molar-refractivity contribution in [2.24, 2.45) is 7.05 Å². The topological polar surface area (TPSA) is 93.1 Å². The second kappa shape index (κ2) is 8.38. The number of para-hydroxylation sites is 2. The lowest BCUT2D eigenvalue weighted by atomic mass is 10.1. The van der Waals surface area contributed by atoms with Crippen LogP contribution in [-0.4, -0.2) is 32.4 Å². The highest BCUT2D eigenvalue weighted by molar-refractivity contribution is 7.80. The normalized spacial score (nSPS) is 15.4. The lowest BCUT2D eigenvalue weighted by Crippen LogP contribution is -2.44. The Kier molecular flexibility index (Phi) is 5.42. The van der Waals surface area contributed by atoms with Gasteiger partial charge >= 0.3 is 0 Å². The molecule has 0 atom stereocenters. The van der Waals surface area contributed by atoms with Gasteiger partial charge in [-0.25, -0.2) is 4.98 Å². The van der Waals surface area contributed by atoms with Crippen LogP contribution < -0.4 is 20.9 Å². The summed E-state index contributed by atoms with van der Waals surface area (Å²) < 4.78 is 7.41. The summed E-state index contributed by atoms with van der Waals surface area (Å²) in [6, 6.07) is 9.44. The van der Waals surface area contributed by atoms with Gasteiger partial charge in [-0.1, -0.05) is 12.1 Å². The summed E-state index contributed by atoms with van der Waals surface area (Å²) in [7, 11) is 1.90. The van der Waals surface area contributed by atoms with Crippen molar-refractivity contribution in [2.75, 3.05) is 11.9 Å². The van der Waals surface area contributed by atoms with Crippen molar-refractivity contribution < 1.29 is 9.53 Å². The number of aromatic nitrogens is 3. The fourth-order valence-corrected chi connectivity index (χ4v) is 4.05. The molecule has 0 unspecified atom stereocenters. The number of ether oxygens (including phenoxy) is 1. The van der Waals surface area contributed by atoms with E-state index in [1.54, 1.807) is 4.68 Å². The summed E-state index contributed by atoms with van der Waals surface area (Å²) in [5.41, 5.74) is 9.58. The van der Waals surface area contributed by atoms with Gasteiger partial charge in [0.15, 0.2) is 10.8 Å². The molecule has 2 saturated carbocycles. The summed E-state index contributed by atoms with van der Waals surface area (Å²) in [5, 5.41) is 8.89. The molecule has 5 rings (SSSR count). The summed E-state index contributed by atoms with van der Waals surface area (Å²) in [6.07, 6.45) is 4.42.